The summed E-state index contributed by atoms with van der Waals surface area (Å²) in [6, 6.07) is 0.422. The van der Waals surface area contributed by atoms with Crippen molar-refractivity contribution in [3.8, 4) is 0 Å². The Labute approximate surface area is 119 Å². The number of nitrogens with one attached hydrogen (secondary N) is 2. The highest BCUT2D eigenvalue weighted by Crippen LogP contribution is 2.39. The van der Waals surface area contributed by atoms with Gasteiger partial charge in [-0.3, -0.25) is 0 Å². The summed E-state index contributed by atoms with van der Waals surface area (Å²) in [6.45, 7) is 4.57. The van der Waals surface area contributed by atoms with Crippen LogP contribution in [0.1, 0.15) is 39.5 Å². The van der Waals surface area contributed by atoms with Crippen LogP contribution in [0.2, 0.25) is 0 Å². The Kier molecular flexibility index (Phi) is 5.30. The van der Waals surface area contributed by atoms with Crippen LogP contribution >= 0.6 is 11.8 Å². The lowest BCUT2D eigenvalue weighted by Gasteiger charge is -2.37. The number of rotatable bonds is 7. The number of nitrogens with zero attached hydrogens (tertiary/aromatic N) is 1. The fourth-order valence-corrected chi connectivity index (χ4v) is 4.09. The molecule has 2 rings (SSSR count). The van der Waals surface area contributed by atoms with Crippen LogP contribution in [0.4, 0.5) is 0 Å². The Balaban J connectivity index is 1.86. The van der Waals surface area contributed by atoms with Crippen LogP contribution in [0.3, 0.4) is 0 Å². The van der Waals surface area contributed by atoms with E-state index < -0.39 is 0 Å². The number of imidazole rings is 1. The average Bonchev–Trinajstić information content (AvgIpc) is 3.00. The van der Waals surface area contributed by atoms with Gasteiger partial charge in [0, 0.05) is 29.7 Å². The number of hydrogen-bond acceptors (Lipinski definition) is 4. The fraction of sp³-hybridized carbons (Fsp3) is 0.786. The van der Waals surface area contributed by atoms with Gasteiger partial charge in [-0.25, -0.2) is 4.98 Å². The molecule has 2 unspecified atom stereocenters. The van der Waals surface area contributed by atoms with Crippen LogP contribution < -0.4 is 5.32 Å². The number of aromatic amines is 1. The van der Waals surface area contributed by atoms with Gasteiger partial charge in [0.1, 0.15) is 0 Å². The van der Waals surface area contributed by atoms with Crippen molar-refractivity contribution in [3.63, 3.8) is 0 Å². The Hall–Kier alpha value is -0.520. The van der Waals surface area contributed by atoms with Gasteiger partial charge in [0.25, 0.3) is 0 Å². The summed E-state index contributed by atoms with van der Waals surface area (Å²) < 4.78 is 0. The highest BCUT2D eigenvalue weighted by molar-refractivity contribution is 7.99. The second-order valence-corrected chi connectivity index (χ2v) is 6.82. The van der Waals surface area contributed by atoms with E-state index in [1.54, 1.807) is 18.0 Å². The number of hydrogen-bond donors (Lipinski definition) is 3. The molecule has 19 heavy (non-hydrogen) atoms. The van der Waals surface area contributed by atoms with Crippen molar-refractivity contribution in [1.29, 1.82) is 0 Å². The monoisotopic (exact) mass is 283 g/mol. The summed E-state index contributed by atoms with van der Waals surface area (Å²) in [4.78, 5) is 7.34. The predicted octanol–water partition coefficient (Wildman–Crippen LogP) is 2.42. The van der Waals surface area contributed by atoms with Crippen molar-refractivity contribution in [3.05, 3.63) is 12.4 Å². The third kappa shape index (κ3) is 3.74. The molecule has 1 saturated carbocycles. The van der Waals surface area contributed by atoms with Crippen molar-refractivity contribution >= 4 is 11.8 Å². The standard InChI is InChI=1S/C14H25N3OS/c1-11(2)17-14(10-18)6-3-4-12(14)5-9-19-13-15-7-8-16-13/h7-8,11-12,17-18H,3-6,9-10H2,1-2H3,(H,15,16). The second kappa shape index (κ2) is 6.77. The van der Waals surface area contributed by atoms with E-state index in [0.717, 1.165) is 23.8 Å². The van der Waals surface area contributed by atoms with Crippen molar-refractivity contribution in [2.45, 2.75) is 56.3 Å². The Morgan fingerprint density at radius 2 is 2.47 bits per heavy atom. The molecule has 4 nitrogen and oxygen atoms in total. The van der Waals surface area contributed by atoms with Crippen LogP contribution in [0.15, 0.2) is 17.6 Å². The first kappa shape index (κ1) is 14.9. The van der Waals surface area contributed by atoms with E-state index in [2.05, 4.69) is 29.1 Å². The minimum absolute atomic E-state index is 0.0576. The topological polar surface area (TPSA) is 60.9 Å². The molecule has 1 aromatic rings. The molecule has 108 valence electrons. The van der Waals surface area contributed by atoms with Gasteiger partial charge >= 0.3 is 0 Å². The molecule has 0 spiro atoms. The normalized spacial score (nSPS) is 27.3. The molecule has 0 amide bonds. The van der Waals surface area contributed by atoms with E-state index in [4.69, 9.17) is 0 Å². The smallest absolute Gasteiger partial charge is 0.165 e. The molecule has 2 atom stereocenters. The lowest BCUT2D eigenvalue weighted by atomic mass is 9.85. The van der Waals surface area contributed by atoms with Crippen LogP contribution in [0.25, 0.3) is 0 Å². The second-order valence-electron chi connectivity index (χ2n) is 5.73. The van der Waals surface area contributed by atoms with Gasteiger partial charge in [-0.05, 0) is 25.2 Å². The van der Waals surface area contributed by atoms with E-state index in [1.165, 1.54) is 12.8 Å². The third-order valence-electron chi connectivity index (χ3n) is 3.99. The molecule has 0 aliphatic heterocycles. The van der Waals surface area contributed by atoms with Gasteiger partial charge in [-0.15, -0.1) is 0 Å². The van der Waals surface area contributed by atoms with Crippen molar-refractivity contribution in [1.82, 2.24) is 15.3 Å². The van der Waals surface area contributed by atoms with Gasteiger partial charge in [0.2, 0.25) is 0 Å². The van der Waals surface area contributed by atoms with Crippen molar-refractivity contribution in [2.24, 2.45) is 5.92 Å². The minimum atomic E-state index is -0.0576. The highest BCUT2D eigenvalue weighted by atomic mass is 32.2. The number of thioether (sulfide) groups is 1. The number of aliphatic hydroxyl groups excluding tert-OH is 1. The molecule has 0 saturated heterocycles. The number of aliphatic hydroxyl groups is 1. The number of aromatic nitrogens is 2. The summed E-state index contributed by atoms with van der Waals surface area (Å²) >= 11 is 1.77. The molecule has 1 aliphatic carbocycles. The molecular formula is C14H25N3OS. The van der Waals surface area contributed by atoms with E-state index in [9.17, 15) is 5.11 Å². The van der Waals surface area contributed by atoms with Gasteiger partial charge in [-0.1, -0.05) is 32.0 Å². The van der Waals surface area contributed by atoms with Crippen molar-refractivity contribution in [2.75, 3.05) is 12.4 Å². The van der Waals surface area contributed by atoms with E-state index in [-0.39, 0.29) is 12.1 Å². The molecule has 1 aliphatic rings. The summed E-state index contributed by atoms with van der Waals surface area (Å²) in [5.41, 5.74) is -0.0576. The zero-order chi connectivity index (χ0) is 13.7. The number of H-pyrrole nitrogens is 1. The lowest BCUT2D eigenvalue weighted by Crippen LogP contribution is -2.54. The van der Waals surface area contributed by atoms with Gasteiger partial charge in [-0.2, -0.15) is 0 Å². The first-order chi connectivity index (χ1) is 9.16. The van der Waals surface area contributed by atoms with Crippen LogP contribution in [-0.4, -0.2) is 39.0 Å². The van der Waals surface area contributed by atoms with Crippen LogP contribution in [0, 0.1) is 5.92 Å². The fourth-order valence-electron chi connectivity index (χ4n) is 3.21. The van der Waals surface area contributed by atoms with Crippen molar-refractivity contribution < 1.29 is 5.11 Å². The maximum atomic E-state index is 9.83. The minimum Gasteiger partial charge on any atom is -0.394 e. The third-order valence-corrected chi connectivity index (χ3v) is 4.93. The molecule has 1 heterocycles. The first-order valence-electron chi connectivity index (χ1n) is 7.17. The summed E-state index contributed by atoms with van der Waals surface area (Å²) in [5.74, 6) is 1.63. The molecule has 0 radical (unpaired) electrons. The molecule has 0 bridgehead atoms. The van der Waals surface area contributed by atoms with Crippen LogP contribution in [0.5, 0.6) is 0 Å². The summed E-state index contributed by atoms with van der Waals surface area (Å²) in [7, 11) is 0. The molecule has 1 aromatic heterocycles. The molecular weight excluding hydrogens is 258 g/mol. The Morgan fingerprint density at radius 3 is 3.11 bits per heavy atom. The zero-order valence-electron chi connectivity index (χ0n) is 11.9. The SMILES string of the molecule is CC(C)NC1(CO)CCCC1CCSc1ncc[nH]1. The Morgan fingerprint density at radius 1 is 1.63 bits per heavy atom. The van der Waals surface area contributed by atoms with Gasteiger partial charge in [0.15, 0.2) is 5.16 Å². The van der Waals surface area contributed by atoms with E-state index >= 15 is 0 Å². The highest BCUT2D eigenvalue weighted by Gasteiger charge is 2.41. The molecule has 1 fully saturated rings. The zero-order valence-corrected chi connectivity index (χ0v) is 12.7. The first-order valence-corrected chi connectivity index (χ1v) is 8.15. The maximum Gasteiger partial charge on any atom is 0.165 e. The predicted molar refractivity (Wildman–Crippen MR) is 79.4 cm³/mol. The summed E-state index contributed by atoms with van der Waals surface area (Å²) in [5, 5.41) is 14.4. The van der Waals surface area contributed by atoms with E-state index in [1.807, 2.05) is 6.20 Å². The van der Waals surface area contributed by atoms with Gasteiger partial charge in [0.05, 0.1) is 6.61 Å². The lowest BCUT2D eigenvalue weighted by molar-refractivity contribution is 0.113. The quantitative estimate of drug-likeness (QED) is 0.673. The van der Waals surface area contributed by atoms with Gasteiger partial charge < -0.3 is 15.4 Å². The summed E-state index contributed by atoms with van der Waals surface area (Å²) in [6.07, 6.45) is 8.31. The van der Waals surface area contributed by atoms with Crippen LogP contribution in [-0.2, 0) is 0 Å². The molecule has 3 N–H and O–H groups in total. The molecule has 0 aromatic carbocycles. The Bertz CT molecular complexity index is 369. The average molecular weight is 283 g/mol. The van der Waals surface area contributed by atoms with E-state index in [0.29, 0.717) is 12.0 Å². The maximum absolute atomic E-state index is 9.83. The molecule has 5 heteroatoms. The largest absolute Gasteiger partial charge is 0.394 e.